The van der Waals surface area contributed by atoms with E-state index in [0.29, 0.717) is 18.9 Å². The molecule has 1 aromatic carbocycles. The van der Waals surface area contributed by atoms with Gasteiger partial charge in [0.25, 0.3) is 11.8 Å². The zero-order chi connectivity index (χ0) is 25.5. The van der Waals surface area contributed by atoms with Gasteiger partial charge in [0.05, 0.1) is 24.0 Å². The first kappa shape index (κ1) is 24.6. The molecule has 2 N–H and O–H groups in total. The highest BCUT2D eigenvalue weighted by Gasteiger charge is 2.48. The highest BCUT2D eigenvalue weighted by Crippen LogP contribution is 2.41. The zero-order valence-corrected chi connectivity index (χ0v) is 18.9. The SMILES string of the molecule is CNC(=O)c1ccc(Nc2ncc3c(n2)N(C2CCCC2)CC(F)(F)C(=O)N3C)c(C(F)(F)F)c1. The predicted molar refractivity (Wildman–Crippen MR) is 118 cm³/mol. The van der Waals surface area contributed by atoms with Crippen LogP contribution in [0.5, 0.6) is 0 Å². The molecule has 0 unspecified atom stereocenters. The number of amides is 2. The number of nitrogens with zero attached hydrogens (tertiary/aromatic N) is 4. The monoisotopic (exact) mass is 498 g/mol. The van der Waals surface area contributed by atoms with Gasteiger partial charge in [0.1, 0.15) is 5.69 Å². The van der Waals surface area contributed by atoms with Gasteiger partial charge in [-0.15, -0.1) is 0 Å². The minimum Gasteiger partial charge on any atom is -0.355 e. The number of alkyl halides is 5. The Kier molecular flexibility index (Phi) is 6.28. The van der Waals surface area contributed by atoms with Crippen LogP contribution in [-0.4, -0.2) is 54.4 Å². The van der Waals surface area contributed by atoms with Crippen LogP contribution >= 0.6 is 0 Å². The van der Waals surface area contributed by atoms with Crippen molar-refractivity contribution in [2.24, 2.45) is 0 Å². The molecule has 0 saturated heterocycles. The van der Waals surface area contributed by atoms with Gasteiger partial charge in [-0.05, 0) is 31.0 Å². The number of hydrogen-bond donors (Lipinski definition) is 2. The minimum atomic E-state index is -4.80. The van der Waals surface area contributed by atoms with E-state index in [0.717, 1.165) is 30.0 Å². The van der Waals surface area contributed by atoms with Crippen LogP contribution in [0.2, 0.25) is 0 Å². The summed E-state index contributed by atoms with van der Waals surface area (Å²) >= 11 is 0. The summed E-state index contributed by atoms with van der Waals surface area (Å²) < 4.78 is 70.5. The smallest absolute Gasteiger partial charge is 0.355 e. The summed E-state index contributed by atoms with van der Waals surface area (Å²) in [6, 6.07) is 2.68. The van der Waals surface area contributed by atoms with E-state index in [2.05, 4.69) is 20.6 Å². The maximum Gasteiger partial charge on any atom is 0.418 e. The number of halogens is 5. The number of hydrogen-bond acceptors (Lipinski definition) is 6. The van der Waals surface area contributed by atoms with E-state index in [1.54, 1.807) is 0 Å². The first-order valence-electron chi connectivity index (χ1n) is 10.9. The maximum absolute atomic E-state index is 14.7. The lowest BCUT2D eigenvalue weighted by Gasteiger charge is -2.31. The van der Waals surface area contributed by atoms with Gasteiger partial charge in [0.15, 0.2) is 5.82 Å². The number of rotatable bonds is 4. The molecule has 0 spiro atoms. The van der Waals surface area contributed by atoms with Gasteiger partial charge < -0.3 is 20.4 Å². The van der Waals surface area contributed by atoms with Gasteiger partial charge in [-0.3, -0.25) is 9.59 Å². The van der Waals surface area contributed by atoms with Crippen molar-refractivity contribution in [1.82, 2.24) is 15.3 Å². The molecule has 1 fully saturated rings. The van der Waals surface area contributed by atoms with Crippen LogP contribution in [0, 0.1) is 0 Å². The Morgan fingerprint density at radius 2 is 1.89 bits per heavy atom. The standard InChI is InChI=1S/C22H23F5N6O2/c1-28-18(34)12-7-8-15(14(9-12)22(25,26)27)30-20-29-10-16-17(31-20)33(13-5-3-4-6-13)11-21(23,24)19(35)32(16)2/h7-10,13H,3-6,11H2,1-2H3,(H,28,34)(H,29,30,31). The molecule has 1 aliphatic heterocycles. The fourth-order valence-electron chi connectivity index (χ4n) is 4.40. The normalized spacial score (nSPS) is 18.3. The zero-order valence-electron chi connectivity index (χ0n) is 18.9. The minimum absolute atomic E-state index is 0.0376. The molecule has 188 valence electrons. The molecule has 2 heterocycles. The van der Waals surface area contributed by atoms with E-state index in [1.807, 2.05) is 0 Å². The van der Waals surface area contributed by atoms with Crippen LogP contribution in [0.3, 0.4) is 0 Å². The lowest BCUT2D eigenvalue weighted by atomic mass is 10.1. The predicted octanol–water partition coefficient (Wildman–Crippen LogP) is 3.96. The number of carbonyl (C=O) groups is 2. The molecule has 2 amide bonds. The number of aromatic nitrogens is 2. The Morgan fingerprint density at radius 3 is 2.51 bits per heavy atom. The van der Waals surface area contributed by atoms with Crippen LogP contribution in [0.15, 0.2) is 24.4 Å². The molecule has 0 bridgehead atoms. The van der Waals surface area contributed by atoms with Gasteiger partial charge in [0.2, 0.25) is 5.95 Å². The Bertz CT molecular complexity index is 1150. The molecular weight excluding hydrogens is 475 g/mol. The van der Waals surface area contributed by atoms with Crippen molar-refractivity contribution in [2.75, 3.05) is 35.8 Å². The Balaban J connectivity index is 1.76. The Morgan fingerprint density at radius 1 is 1.20 bits per heavy atom. The lowest BCUT2D eigenvalue weighted by molar-refractivity contribution is -0.140. The summed E-state index contributed by atoms with van der Waals surface area (Å²) in [7, 11) is 2.48. The van der Waals surface area contributed by atoms with Gasteiger partial charge >= 0.3 is 12.1 Å². The fraction of sp³-hybridized carbons (Fsp3) is 0.455. The molecule has 13 heteroatoms. The molecule has 2 aromatic rings. The molecule has 35 heavy (non-hydrogen) atoms. The van der Waals surface area contributed by atoms with Crippen molar-refractivity contribution in [3.63, 3.8) is 0 Å². The number of anilines is 4. The Labute approximate surface area is 197 Å². The lowest BCUT2D eigenvalue weighted by Crippen LogP contribution is -2.48. The van der Waals surface area contributed by atoms with Crippen LogP contribution in [0.25, 0.3) is 0 Å². The molecule has 4 rings (SSSR count). The molecule has 2 aliphatic rings. The number of nitrogens with one attached hydrogen (secondary N) is 2. The van der Waals surface area contributed by atoms with Gasteiger partial charge in [-0.1, -0.05) is 12.8 Å². The van der Waals surface area contributed by atoms with Crippen molar-refractivity contribution in [3.8, 4) is 0 Å². The quantitative estimate of drug-likeness (QED) is 0.621. The average Bonchev–Trinajstić information content (AvgIpc) is 3.33. The average molecular weight is 498 g/mol. The number of benzene rings is 1. The molecule has 8 nitrogen and oxygen atoms in total. The number of fused-ring (bicyclic) bond motifs is 1. The Hall–Kier alpha value is -3.51. The van der Waals surface area contributed by atoms with Crippen molar-refractivity contribution in [2.45, 2.75) is 43.8 Å². The van der Waals surface area contributed by atoms with Crippen LogP contribution < -0.4 is 20.4 Å². The van der Waals surface area contributed by atoms with Crippen molar-refractivity contribution in [1.29, 1.82) is 0 Å². The molecule has 1 aliphatic carbocycles. The van der Waals surface area contributed by atoms with E-state index in [-0.39, 0.29) is 29.1 Å². The largest absolute Gasteiger partial charge is 0.418 e. The maximum atomic E-state index is 14.7. The summed E-state index contributed by atoms with van der Waals surface area (Å²) in [5, 5.41) is 4.76. The van der Waals surface area contributed by atoms with E-state index < -0.39 is 41.7 Å². The third-order valence-electron chi connectivity index (χ3n) is 6.20. The second-order valence-corrected chi connectivity index (χ2v) is 8.50. The van der Waals surface area contributed by atoms with E-state index in [9.17, 15) is 31.5 Å². The molecule has 1 saturated carbocycles. The second-order valence-electron chi connectivity index (χ2n) is 8.50. The van der Waals surface area contributed by atoms with Crippen LogP contribution in [0.4, 0.5) is 45.1 Å². The van der Waals surface area contributed by atoms with Crippen LogP contribution in [0.1, 0.15) is 41.6 Å². The van der Waals surface area contributed by atoms with Crippen molar-refractivity contribution < 1.29 is 31.5 Å². The first-order valence-corrected chi connectivity index (χ1v) is 10.9. The molecular formula is C22H23F5N6O2. The third-order valence-corrected chi connectivity index (χ3v) is 6.20. The van der Waals surface area contributed by atoms with Gasteiger partial charge in [-0.25, -0.2) is 4.98 Å². The number of carbonyl (C=O) groups excluding carboxylic acids is 2. The van der Waals surface area contributed by atoms with Gasteiger partial charge in [0, 0.05) is 25.7 Å². The topological polar surface area (TPSA) is 90.5 Å². The van der Waals surface area contributed by atoms with E-state index in [4.69, 9.17) is 0 Å². The second kappa shape index (κ2) is 8.93. The molecule has 0 radical (unpaired) electrons. The molecule has 0 atom stereocenters. The van der Waals surface area contributed by atoms with E-state index >= 15 is 0 Å². The summed E-state index contributed by atoms with van der Waals surface area (Å²) in [6.45, 7) is -0.890. The first-order chi connectivity index (χ1) is 16.4. The van der Waals surface area contributed by atoms with Crippen molar-refractivity contribution in [3.05, 3.63) is 35.5 Å². The third kappa shape index (κ3) is 4.71. The summed E-state index contributed by atoms with van der Waals surface area (Å²) in [4.78, 5) is 34.5. The van der Waals surface area contributed by atoms with Crippen LogP contribution in [-0.2, 0) is 11.0 Å². The van der Waals surface area contributed by atoms with Crippen molar-refractivity contribution >= 4 is 35.0 Å². The fourth-order valence-corrected chi connectivity index (χ4v) is 4.40. The van der Waals surface area contributed by atoms with Gasteiger partial charge in [-0.2, -0.15) is 26.9 Å². The summed E-state index contributed by atoms with van der Waals surface area (Å²) in [5.74, 6) is -6.00. The highest BCUT2D eigenvalue weighted by atomic mass is 19.4. The van der Waals surface area contributed by atoms with E-state index in [1.165, 1.54) is 25.1 Å². The highest BCUT2D eigenvalue weighted by molar-refractivity contribution is 6.02. The molecule has 1 aromatic heterocycles. The summed E-state index contributed by atoms with van der Waals surface area (Å²) in [6.07, 6.45) is -0.761. The summed E-state index contributed by atoms with van der Waals surface area (Å²) in [5.41, 5.74) is -1.69.